The zero-order valence-corrected chi connectivity index (χ0v) is 55.2. The molecule has 0 rings (SSSR count). The first kappa shape index (κ1) is 79.6. The van der Waals surface area contributed by atoms with Gasteiger partial charge in [0.05, 0.1) is 6.42 Å². The zero-order chi connectivity index (χ0) is 59.9. The quantitative estimate of drug-likeness (QED) is 0.0261. The average Bonchev–Trinajstić information content (AvgIpc) is 3.49. The van der Waals surface area contributed by atoms with Crippen molar-refractivity contribution in [3.8, 4) is 0 Å². The predicted molar refractivity (Wildman–Crippen MR) is 362 cm³/mol. The Kier molecular flexibility index (Phi) is 68.2. The molecule has 0 aliphatic rings. The molecule has 0 N–H and O–H groups in total. The Hall–Kier alpha value is -3.41. The predicted octanol–water partition coefficient (Wildman–Crippen LogP) is 25.0. The fourth-order valence-corrected chi connectivity index (χ4v) is 10.5. The van der Waals surface area contributed by atoms with E-state index in [1.54, 1.807) is 0 Å². The molecule has 480 valence electrons. The van der Waals surface area contributed by atoms with Gasteiger partial charge in [0.25, 0.3) is 0 Å². The highest BCUT2D eigenvalue weighted by molar-refractivity contribution is 5.72. The van der Waals surface area contributed by atoms with Crippen molar-refractivity contribution in [2.45, 2.75) is 374 Å². The van der Waals surface area contributed by atoms with Crippen LogP contribution >= 0.6 is 0 Å². The van der Waals surface area contributed by atoms with Gasteiger partial charge in [0.1, 0.15) is 13.2 Å². The van der Waals surface area contributed by atoms with Crippen molar-refractivity contribution < 1.29 is 28.6 Å². The number of ether oxygens (including phenoxy) is 3. The molecule has 0 bridgehead atoms. The number of unbranched alkanes of at least 4 members (excludes halogenated alkanes) is 42. The topological polar surface area (TPSA) is 78.9 Å². The van der Waals surface area contributed by atoms with Gasteiger partial charge in [-0.15, -0.1) is 0 Å². The number of rotatable bonds is 66. The first-order valence-electron chi connectivity index (χ1n) is 36.1. The minimum Gasteiger partial charge on any atom is -0.462 e. The second kappa shape index (κ2) is 71.1. The molecular weight excluding hydrogens is 1020 g/mol. The summed E-state index contributed by atoms with van der Waals surface area (Å²) in [6.45, 7) is 6.49. The number of carbonyl (C=O) groups excluding carboxylic acids is 3. The summed E-state index contributed by atoms with van der Waals surface area (Å²) in [6.07, 6.45) is 95.1. The summed E-state index contributed by atoms with van der Waals surface area (Å²) in [5.41, 5.74) is 0. The molecule has 0 aromatic carbocycles. The first-order valence-corrected chi connectivity index (χ1v) is 36.1. The lowest BCUT2D eigenvalue weighted by Crippen LogP contribution is -2.30. The Bertz CT molecular complexity index is 1570. The lowest BCUT2D eigenvalue weighted by molar-refractivity contribution is -0.166. The molecule has 1 atom stereocenters. The van der Waals surface area contributed by atoms with Crippen LogP contribution in [0.4, 0.5) is 0 Å². The van der Waals surface area contributed by atoms with Gasteiger partial charge in [0.2, 0.25) is 0 Å². The second-order valence-electron chi connectivity index (χ2n) is 24.1. The van der Waals surface area contributed by atoms with Crippen molar-refractivity contribution in [3.63, 3.8) is 0 Å². The average molecular weight is 1160 g/mol. The Morgan fingerprint density at radius 3 is 0.831 bits per heavy atom. The van der Waals surface area contributed by atoms with Gasteiger partial charge in [-0.25, -0.2) is 0 Å². The molecule has 0 saturated carbocycles. The largest absolute Gasteiger partial charge is 0.462 e. The lowest BCUT2D eigenvalue weighted by Gasteiger charge is -2.18. The summed E-state index contributed by atoms with van der Waals surface area (Å²) in [7, 11) is 0. The number of carbonyl (C=O) groups is 3. The van der Waals surface area contributed by atoms with E-state index in [1.807, 2.05) is 12.2 Å². The van der Waals surface area contributed by atoms with E-state index >= 15 is 0 Å². The number of esters is 3. The monoisotopic (exact) mass is 1160 g/mol. The van der Waals surface area contributed by atoms with Crippen molar-refractivity contribution in [1.29, 1.82) is 0 Å². The molecule has 0 saturated heterocycles. The van der Waals surface area contributed by atoms with Crippen LogP contribution in [0.5, 0.6) is 0 Å². The third-order valence-corrected chi connectivity index (χ3v) is 15.9. The Labute approximate surface area is 515 Å². The molecule has 0 spiro atoms. The van der Waals surface area contributed by atoms with Gasteiger partial charge < -0.3 is 14.2 Å². The van der Waals surface area contributed by atoms with Crippen LogP contribution in [-0.4, -0.2) is 37.2 Å². The molecule has 0 aliphatic heterocycles. The van der Waals surface area contributed by atoms with Gasteiger partial charge in [-0.1, -0.05) is 337 Å². The summed E-state index contributed by atoms with van der Waals surface area (Å²) < 4.78 is 16.9. The van der Waals surface area contributed by atoms with E-state index in [9.17, 15) is 14.4 Å². The van der Waals surface area contributed by atoms with Crippen LogP contribution in [0.3, 0.4) is 0 Å². The minimum atomic E-state index is -0.818. The summed E-state index contributed by atoms with van der Waals surface area (Å²) in [4.78, 5) is 38.4. The van der Waals surface area contributed by atoms with E-state index < -0.39 is 12.1 Å². The molecule has 0 aromatic heterocycles. The number of allylic oxidation sites excluding steroid dienone is 13. The van der Waals surface area contributed by atoms with Crippen LogP contribution in [-0.2, 0) is 28.6 Å². The van der Waals surface area contributed by atoms with Crippen molar-refractivity contribution in [2.24, 2.45) is 0 Å². The van der Waals surface area contributed by atoms with Crippen LogP contribution in [0.2, 0.25) is 0 Å². The Balaban J connectivity index is 4.33. The van der Waals surface area contributed by atoms with Gasteiger partial charge in [-0.3, -0.25) is 14.4 Å². The van der Waals surface area contributed by atoms with Crippen LogP contribution in [0, 0.1) is 0 Å². The summed E-state index contributed by atoms with van der Waals surface area (Å²) in [6, 6.07) is 0. The Morgan fingerprint density at radius 1 is 0.265 bits per heavy atom. The first-order chi connectivity index (χ1) is 41.0. The van der Waals surface area contributed by atoms with Crippen LogP contribution in [0.1, 0.15) is 367 Å². The van der Waals surface area contributed by atoms with Gasteiger partial charge in [0, 0.05) is 12.8 Å². The highest BCUT2D eigenvalue weighted by Crippen LogP contribution is 2.18. The smallest absolute Gasteiger partial charge is 0.309 e. The van der Waals surface area contributed by atoms with Gasteiger partial charge >= 0.3 is 17.9 Å². The molecule has 6 nitrogen and oxygen atoms in total. The van der Waals surface area contributed by atoms with Gasteiger partial charge in [-0.2, -0.15) is 0 Å². The number of hydrogen-bond donors (Lipinski definition) is 0. The maximum Gasteiger partial charge on any atom is 0.309 e. The fraction of sp³-hybridized carbons (Fsp3) is 0.779. The molecule has 83 heavy (non-hydrogen) atoms. The standard InChI is InChI=1S/C77H136O6/c1-4-7-10-13-16-19-22-25-28-30-32-34-36-38-40-42-44-46-49-52-55-58-61-64-67-70-76(79)82-73-74(72-81-75(78)69-66-63-60-57-54-51-48-27-24-21-18-15-12-9-6-3)83-77(80)71-68-65-62-59-56-53-50-47-45-43-41-39-37-35-33-31-29-26-23-20-17-14-11-8-5-2/h9,12,18,21,27,30-33,48,54,57,63,66,74H,4-8,10-11,13-17,19-20,22-26,28-29,34-47,49-53,55-56,58-62,64-65,67-73H2,1-3H3/b12-9-,21-18-,32-30-,33-31-,48-27-,57-54-,66-63-. The van der Waals surface area contributed by atoms with Gasteiger partial charge in [0.15, 0.2) is 6.10 Å². The summed E-state index contributed by atoms with van der Waals surface area (Å²) in [5.74, 6) is -1.02. The molecule has 0 aromatic rings. The second-order valence-corrected chi connectivity index (χ2v) is 24.1. The highest BCUT2D eigenvalue weighted by Gasteiger charge is 2.19. The van der Waals surface area contributed by atoms with E-state index in [0.29, 0.717) is 12.8 Å². The third kappa shape index (κ3) is 69.3. The molecule has 0 heterocycles. The molecule has 0 aliphatic carbocycles. The SMILES string of the molecule is CC/C=C\C/C=C\C/C=C\C/C=C\C/C=C\CC(=O)OCC(COC(=O)CCCCCCCCCCCCCCC/C=C\CCCCCCCCCC)OC(=O)CCCCCCCCCCCCCCC/C=C\CCCCCCCCCC. The molecule has 1 unspecified atom stereocenters. The summed E-state index contributed by atoms with van der Waals surface area (Å²) in [5, 5.41) is 0. The van der Waals surface area contributed by atoms with Crippen molar-refractivity contribution in [2.75, 3.05) is 13.2 Å². The van der Waals surface area contributed by atoms with E-state index in [0.717, 1.165) is 70.6 Å². The maximum absolute atomic E-state index is 13.0. The third-order valence-electron chi connectivity index (χ3n) is 15.9. The summed E-state index contributed by atoms with van der Waals surface area (Å²) >= 11 is 0. The lowest BCUT2D eigenvalue weighted by atomic mass is 10.0. The van der Waals surface area contributed by atoms with Crippen molar-refractivity contribution in [1.82, 2.24) is 0 Å². The fourth-order valence-electron chi connectivity index (χ4n) is 10.5. The van der Waals surface area contributed by atoms with Crippen molar-refractivity contribution >= 4 is 17.9 Å². The number of hydrogen-bond acceptors (Lipinski definition) is 6. The minimum absolute atomic E-state index is 0.104. The van der Waals surface area contributed by atoms with E-state index in [2.05, 4.69) is 93.7 Å². The maximum atomic E-state index is 13.0. The molecule has 0 fully saturated rings. The molecular formula is C77H136O6. The molecule has 0 radical (unpaired) electrons. The Morgan fingerprint density at radius 2 is 0.518 bits per heavy atom. The van der Waals surface area contributed by atoms with Crippen LogP contribution < -0.4 is 0 Å². The van der Waals surface area contributed by atoms with Gasteiger partial charge in [-0.05, 0) is 96.3 Å². The van der Waals surface area contributed by atoms with E-state index in [4.69, 9.17) is 14.2 Å². The molecule has 6 heteroatoms. The van der Waals surface area contributed by atoms with E-state index in [1.165, 1.54) is 257 Å². The van der Waals surface area contributed by atoms with Crippen LogP contribution in [0.15, 0.2) is 85.1 Å². The van der Waals surface area contributed by atoms with Crippen molar-refractivity contribution in [3.05, 3.63) is 85.1 Å². The van der Waals surface area contributed by atoms with E-state index in [-0.39, 0.29) is 31.6 Å². The normalized spacial score (nSPS) is 12.6. The molecule has 0 amide bonds. The highest BCUT2D eigenvalue weighted by atomic mass is 16.6. The zero-order valence-electron chi connectivity index (χ0n) is 55.2. The van der Waals surface area contributed by atoms with Crippen LogP contribution in [0.25, 0.3) is 0 Å².